The second-order valence-electron chi connectivity index (χ2n) is 15.0. The van der Waals surface area contributed by atoms with Crippen LogP contribution in [0.2, 0.25) is 0 Å². The summed E-state index contributed by atoms with van der Waals surface area (Å²) < 4.78 is 16.2. The van der Waals surface area contributed by atoms with Crippen molar-refractivity contribution in [2.75, 3.05) is 44.3 Å². The summed E-state index contributed by atoms with van der Waals surface area (Å²) in [6.45, 7) is 6.95. The van der Waals surface area contributed by atoms with Crippen molar-refractivity contribution in [2.45, 2.75) is 150 Å². The Bertz CT molecular complexity index is 1770. The van der Waals surface area contributed by atoms with Crippen LogP contribution >= 0.6 is 0 Å². The Labute approximate surface area is 362 Å². The molecule has 16 heteroatoms. The van der Waals surface area contributed by atoms with E-state index >= 15 is 0 Å². The molecule has 0 bridgehead atoms. The average molecular weight is 852 g/mol. The summed E-state index contributed by atoms with van der Waals surface area (Å²) in [4.78, 5) is 24.1. The number of aliphatic hydroxyl groups is 2. The molecule has 10 N–H and O–H groups in total. The zero-order valence-electron chi connectivity index (χ0n) is 37.1. The van der Waals surface area contributed by atoms with Gasteiger partial charge in [-0.2, -0.15) is 0 Å². The van der Waals surface area contributed by atoms with Crippen molar-refractivity contribution >= 4 is 17.8 Å². The SMILES string of the molecule is COCOCCCCCCCCCCc1nc(N)nc(C)c1OCc1ccccc1.Cc1nc(N)nc(CCCCCCCCCCO)c1O.Cc1nc(N)nc(CO)c1O. The molecule has 16 nitrogen and oxygen atoms in total. The molecule has 0 aliphatic heterocycles. The number of unbranched alkanes of at least 4 members (excludes halogenated alkanes) is 14. The van der Waals surface area contributed by atoms with E-state index in [9.17, 15) is 10.2 Å². The molecule has 61 heavy (non-hydrogen) atoms. The number of rotatable bonds is 27. The molecule has 0 unspecified atom stereocenters. The third-order valence-corrected chi connectivity index (χ3v) is 9.77. The van der Waals surface area contributed by atoms with Crippen molar-refractivity contribution in [3.8, 4) is 17.2 Å². The summed E-state index contributed by atoms with van der Waals surface area (Å²) in [6, 6.07) is 10.1. The van der Waals surface area contributed by atoms with Crippen molar-refractivity contribution in [1.82, 2.24) is 29.9 Å². The van der Waals surface area contributed by atoms with Crippen LogP contribution in [-0.4, -0.2) is 77.4 Å². The van der Waals surface area contributed by atoms with Crippen molar-refractivity contribution < 1.29 is 34.6 Å². The molecule has 0 radical (unpaired) electrons. The van der Waals surface area contributed by atoms with Crippen LogP contribution in [0.15, 0.2) is 30.3 Å². The van der Waals surface area contributed by atoms with E-state index in [0.29, 0.717) is 43.0 Å². The number of anilines is 3. The van der Waals surface area contributed by atoms with E-state index in [0.717, 1.165) is 80.7 Å². The minimum atomic E-state index is -0.334. The highest BCUT2D eigenvalue weighted by atomic mass is 16.7. The molecule has 0 fully saturated rings. The molecule has 0 aliphatic rings. The molecule has 0 saturated heterocycles. The molecule has 0 aliphatic carbocycles. The highest BCUT2D eigenvalue weighted by Crippen LogP contribution is 2.25. The van der Waals surface area contributed by atoms with Gasteiger partial charge in [-0.1, -0.05) is 107 Å². The first-order valence-corrected chi connectivity index (χ1v) is 21.7. The average Bonchev–Trinajstić information content (AvgIpc) is 3.24. The first-order valence-electron chi connectivity index (χ1n) is 21.7. The number of hydrogen-bond donors (Lipinski definition) is 7. The summed E-state index contributed by atoms with van der Waals surface area (Å²) in [5, 5.41) is 36.4. The summed E-state index contributed by atoms with van der Waals surface area (Å²) in [5.41, 5.74) is 21.3. The maximum atomic E-state index is 9.84. The fraction of sp³-hybridized carbons (Fsp3) is 0.600. The normalized spacial score (nSPS) is 10.8. The van der Waals surface area contributed by atoms with E-state index in [2.05, 4.69) is 42.0 Å². The van der Waals surface area contributed by atoms with Gasteiger partial charge in [0.05, 0.1) is 35.1 Å². The van der Waals surface area contributed by atoms with Gasteiger partial charge in [-0.05, 0) is 64.9 Å². The second-order valence-corrected chi connectivity index (χ2v) is 15.0. The number of hydrogen-bond acceptors (Lipinski definition) is 16. The topological polar surface area (TPSA) is 264 Å². The van der Waals surface area contributed by atoms with E-state index in [-0.39, 0.29) is 35.7 Å². The number of aliphatic hydroxyl groups excluding tert-OH is 2. The number of nitrogens with two attached hydrogens (primary N) is 3. The van der Waals surface area contributed by atoms with Crippen LogP contribution in [0.25, 0.3) is 0 Å². The standard InChI is InChI=1S/C24H37N3O3.C15H27N3O2.C6H9N3O2/c1-20-23(30-18-21-14-10-9-11-15-21)22(27-24(25)26-20)16-12-7-5-3-4-6-8-13-17-29-19-28-2;1-12-14(20)13(18-15(16)17-12)10-8-6-4-2-3-5-7-9-11-19;1-3-5(11)4(2-10)9-6(7)8-3/h9-11,14-15H,3-8,12-13,16-19H2,1-2H3,(H2,25,26,27);19-20H,2-11H2,1H3,(H2,16,17,18);10-11H,2H2,1H3,(H2,7,8,9). The van der Waals surface area contributed by atoms with Gasteiger partial charge in [-0.25, -0.2) is 29.9 Å². The first kappa shape index (κ1) is 52.2. The van der Waals surface area contributed by atoms with Gasteiger partial charge in [-0.15, -0.1) is 0 Å². The van der Waals surface area contributed by atoms with Crippen LogP contribution in [0.1, 0.15) is 142 Å². The number of methoxy groups -OCH3 is 1. The van der Waals surface area contributed by atoms with Crippen molar-refractivity contribution in [3.63, 3.8) is 0 Å². The summed E-state index contributed by atoms with van der Waals surface area (Å²) in [6.07, 6.45) is 20.4. The van der Waals surface area contributed by atoms with Gasteiger partial charge in [0.15, 0.2) is 17.2 Å². The van der Waals surface area contributed by atoms with Gasteiger partial charge in [0.2, 0.25) is 17.8 Å². The highest BCUT2D eigenvalue weighted by molar-refractivity contribution is 5.38. The van der Waals surface area contributed by atoms with E-state index in [1.54, 1.807) is 21.0 Å². The zero-order chi connectivity index (χ0) is 44.7. The van der Waals surface area contributed by atoms with Crippen LogP contribution in [0, 0.1) is 20.8 Å². The molecule has 0 amide bonds. The monoisotopic (exact) mass is 852 g/mol. The van der Waals surface area contributed by atoms with Gasteiger partial charge >= 0.3 is 0 Å². The van der Waals surface area contributed by atoms with Crippen LogP contribution in [0.5, 0.6) is 17.2 Å². The number of nitrogens with zero attached hydrogens (tertiary/aromatic N) is 6. The Morgan fingerprint density at radius 3 is 1.49 bits per heavy atom. The van der Waals surface area contributed by atoms with Gasteiger partial charge in [0.1, 0.15) is 19.1 Å². The van der Waals surface area contributed by atoms with Crippen molar-refractivity contribution in [3.05, 3.63) is 70.1 Å². The lowest BCUT2D eigenvalue weighted by molar-refractivity contribution is -0.0315. The minimum Gasteiger partial charge on any atom is -0.504 e. The Balaban J connectivity index is 0.000000353. The van der Waals surface area contributed by atoms with E-state index in [1.165, 1.54) is 64.2 Å². The molecule has 4 rings (SSSR count). The minimum absolute atomic E-state index is 0.0596. The predicted molar refractivity (Wildman–Crippen MR) is 240 cm³/mol. The number of benzene rings is 1. The summed E-state index contributed by atoms with van der Waals surface area (Å²) >= 11 is 0. The number of aryl methyl sites for hydroxylation is 5. The first-order chi connectivity index (χ1) is 29.5. The largest absolute Gasteiger partial charge is 0.504 e. The molecule has 0 atom stereocenters. The maximum absolute atomic E-state index is 9.84. The maximum Gasteiger partial charge on any atom is 0.220 e. The molecule has 340 valence electrons. The van der Waals surface area contributed by atoms with Gasteiger partial charge < -0.3 is 51.8 Å². The molecular weight excluding hydrogens is 779 g/mol. The predicted octanol–water partition coefficient (Wildman–Crippen LogP) is 7.52. The van der Waals surface area contributed by atoms with E-state index in [4.69, 9.17) is 41.6 Å². The van der Waals surface area contributed by atoms with Crippen molar-refractivity contribution in [2.24, 2.45) is 0 Å². The molecular formula is C45H73N9O7. The molecule has 0 spiro atoms. The Kier molecular flexibility index (Phi) is 27.3. The number of nitrogen functional groups attached to an aromatic ring is 3. The third kappa shape index (κ3) is 22.5. The quantitative estimate of drug-likeness (QED) is 0.0226. The van der Waals surface area contributed by atoms with E-state index < -0.39 is 0 Å². The van der Waals surface area contributed by atoms with Crippen LogP contribution < -0.4 is 21.9 Å². The van der Waals surface area contributed by atoms with Gasteiger partial charge in [-0.3, -0.25) is 0 Å². The fourth-order valence-corrected chi connectivity index (χ4v) is 6.48. The lowest BCUT2D eigenvalue weighted by Gasteiger charge is -2.13. The van der Waals surface area contributed by atoms with E-state index in [1.807, 2.05) is 25.1 Å². The van der Waals surface area contributed by atoms with Crippen molar-refractivity contribution in [1.29, 1.82) is 0 Å². The number of aromatic hydroxyl groups is 2. The lowest BCUT2D eigenvalue weighted by Crippen LogP contribution is -2.07. The van der Waals surface area contributed by atoms with Crippen LogP contribution in [-0.2, 0) is 35.5 Å². The Morgan fingerprint density at radius 1 is 0.525 bits per heavy atom. The Morgan fingerprint density at radius 2 is 0.967 bits per heavy atom. The Hall–Kier alpha value is -4.90. The molecule has 3 aromatic heterocycles. The summed E-state index contributed by atoms with van der Waals surface area (Å²) in [5.74, 6) is 1.49. The second kappa shape index (κ2) is 31.9. The van der Waals surface area contributed by atoms with Crippen LogP contribution in [0.4, 0.5) is 17.8 Å². The third-order valence-electron chi connectivity index (χ3n) is 9.77. The smallest absolute Gasteiger partial charge is 0.220 e. The zero-order valence-corrected chi connectivity index (χ0v) is 37.1. The fourth-order valence-electron chi connectivity index (χ4n) is 6.48. The molecule has 1 aromatic carbocycles. The van der Waals surface area contributed by atoms with Crippen LogP contribution in [0.3, 0.4) is 0 Å². The van der Waals surface area contributed by atoms with Gasteiger partial charge in [0.25, 0.3) is 0 Å². The number of aromatic nitrogens is 6. The molecule has 0 saturated carbocycles. The highest BCUT2D eigenvalue weighted by Gasteiger charge is 2.13. The number of ether oxygens (including phenoxy) is 3. The van der Waals surface area contributed by atoms with Gasteiger partial charge in [0, 0.05) is 20.3 Å². The summed E-state index contributed by atoms with van der Waals surface area (Å²) in [7, 11) is 1.65. The molecule has 4 aromatic rings. The molecule has 3 heterocycles. The lowest BCUT2D eigenvalue weighted by atomic mass is 10.1.